The molecule has 9 nitrogen and oxygen atoms in total. The summed E-state index contributed by atoms with van der Waals surface area (Å²) in [6.45, 7) is 11.1. The Morgan fingerprint density at radius 2 is 1.94 bits per heavy atom. The van der Waals surface area contributed by atoms with Gasteiger partial charge in [-0.05, 0) is 64.6 Å². The van der Waals surface area contributed by atoms with E-state index in [0.29, 0.717) is 6.04 Å². The van der Waals surface area contributed by atoms with Gasteiger partial charge in [0.2, 0.25) is 0 Å². The third-order valence-corrected chi connectivity index (χ3v) is 8.50. The first kappa shape index (κ1) is 24.1. The van der Waals surface area contributed by atoms with Crippen molar-refractivity contribution in [2.75, 3.05) is 52.2 Å². The highest BCUT2D eigenvalue weighted by molar-refractivity contribution is 7.98. The van der Waals surface area contributed by atoms with Crippen LogP contribution < -0.4 is 0 Å². The van der Waals surface area contributed by atoms with Gasteiger partial charge in [0.25, 0.3) is 0 Å². The van der Waals surface area contributed by atoms with Gasteiger partial charge < -0.3 is 23.8 Å². The van der Waals surface area contributed by atoms with Crippen molar-refractivity contribution < 1.29 is 18.9 Å². The summed E-state index contributed by atoms with van der Waals surface area (Å²) in [4.78, 5) is 9.59. The number of hydrogen-bond donors (Lipinski definition) is 0. The zero-order chi connectivity index (χ0) is 24.0. The topological polar surface area (TPSA) is 73.6 Å². The zero-order valence-corrected chi connectivity index (χ0v) is 21.8. The third-order valence-electron chi connectivity index (χ3n) is 7.80. The maximum absolute atomic E-state index is 6.70. The molecule has 0 aromatic carbocycles. The molecule has 0 saturated carbocycles. The lowest BCUT2D eigenvalue weighted by Gasteiger charge is -2.38. The molecule has 6 rings (SSSR count). The van der Waals surface area contributed by atoms with E-state index >= 15 is 0 Å². The molecular formula is C25H37N5O4S. The molecule has 6 heterocycles. The second-order valence-electron chi connectivity index (χ2n) is 10.5. The highest BCUT2D eigenvalue weighted by Gasteiger charge is 2.56. The lowest BCUT2D eigenvalue weighted by atomic mass is 10.0. The molecule has 10 heteroatoms. The quantitative estimate of drug-likeness (QED) is 0.530. The maximum atomic E-state index is 6.70. The molecule has 5 atom stereocenters. The van der Waals surface area contributed by atoms with E-state index in [9.17, 15) is 0 Å². The van der Waals surface area contributed by atoms with Crippen LogP contribution in [0.3, 0.4) is 0 Å². The Balaban J connectivity index is 1.19. The number of fused-ring (bicyclic) bond motifs is 2. The van der Waals surface area contributed by atoms with E-state index in [1.807, 2.05) is 24.6 Å². The summed E-state index contributed by atoms with van der Waals surface area (Å²) in [6.07, 6.45) is 6.66. The van der Waals surface area contributed by atoms with E-state index in [1.54, 1.807) is 18.1 Å². The van der Waals surface area contributed by atoms with Crippen molar-refractivity contribution >= 4 is 17.3 Å². The van der Waals surface area contributed by atoms with Gasteiger partial charge >= 0.3 is 0 Å². The van der Waals surface area contributed by atoms with Crippen molar-refractivity contribution in [3.8, 4) is 0 Å². The summed E-state index contributed by atoms with van der Waals surface area (Å²) in [6, 6.07) is 4.62. The Hall–Kier alpha value is -1.27. The Labute approximate surface area is 211 Å². The van der Waals surface area contributed by atoms with E-state index in [2.05, 4.69) is 32.0 Å². The van der Waals surface area contributed by atoms with Gasteiger partial charge in [0.15, 0.2) is 5.79 Å². The van der Waals surface area contributed by atoms with E-state index < -0.39 is 5.79 Å². The molecule has 2 aromatic heterocycles. The second kappa shape index (κ2) is 9.89. The number of morpholine rings is 1. The largest absolute Gasteiger partial charge is 0.378 e. The van der Waals surface area contributed by atoms with E-state index in [4.69, 9.17) is 18.9 Å². The minimum Gasteiger partial charge on any atom is -0.378 e. The molecule has 0 aliphatic carbocycles. The van der Waals surface area contributed by atoms with Crippen LogP contribution in [-0.2, 0) is 18.9 Å². The van der Waals surface area contributed by atoms with Crippen LogP contribution in [0.25, 0.3) is 5.52 Å². The zero-order valence-electron chi connectivity index (χ0n) is 21.0. The molecule has 4 aliphatic rings. The van der Waals surface area contributed by atoms with Gasteiger partial charge in [0, 0.05) is 25.7 Å². The van der Waals surface area contributed by atoms with Crippen LogP contribution in [0, 0.1) is 0 Å². The van der Waals surface area contributed by atoms with Crippen molar-refractivity contribution in [3.05, 3.63) is 24.2 Å². The van der Waals surface area contributed by atoms with Gasteiger partial charge in [-0.1, -0.05) is 0 Å². The lowest BCUT2D eigenvalue weighted by molar-refractivity contribution is -0.189. The van der Waals surface area contributed by atoms with E-state index in [1.165, 1.54) is 25.9 Å². The number of thioether (sulfide) groups is 1. The average Bonchev–Trinajstić information content (AvgIpc) is 3.63. The van der Waals surface area contributed by atoms with Crippen molar-refractivity contribution in [1.29, 1.82) is 0 Å². The third kappa shape index (κ3) is 4.74. The van der Waals surface area contributed by atoms with Gasteiger partial charge in [-0.2, -0.15) is 5.10 Å². The Morgan fingerprint density at radius 3 is 2.77 bits per heavy atom. The summed E-state index contributed by atoms with van der Waals surface area (Å²) in [5.41, 5.74) is 1.99. The number of rotatable bonds is 7. The first-order chi connectivity index (χ1) is 17.0. The van der Waals surface area contributed by atoms with Crippen molar-refractivity contribution in [1.82, 2.24) is 24.4 Å². The minimum atomic E-state index is -0.626. The van der Waals surface area contributed by atoms with Gasteiger partial charge in [0.1, 0.15) is 29.7 Å². The molecule has 192 valence electrons. The molecule has 35 heavy (non-hydrogen) atoms. The van der Waals surface area contributed by atoms with Crippen molar-refractivity contribution in [2.24, 2.45) is 0 Å². The number of likely N-dealkylation sites (tertiary alicyclic amines) is 1. The molecule has 0 N–H and O–H groups in total. The number of hydrogen-bond acceptors (Lipinski definition) is 9. The summed E-state index contributed by atoms with van der Waals surface area (Å²) < 4.78 is 27.3. The predicted molar refractivity (Wildman–Crippen MR) is 133 cm³/mol. The van der Waals surface area contributed by atoms with Crippen LogP contribution in [0.2, 0.25) is 0 Å². The summed E-state index contributed by atoms with van der Waals surface area (Å²) in [5.74, 6) is -0.626. The van der Waals surface area contributed by atoms with E-state index in [0.717, 1.165) is 55.5 Å². The standard InChI is InChI=1S/C25H37N5O4S/c1-25(2)33-22-20(8-11-29-12-13-31-15-17(29)14-28-9-4-5-10-28)32-21(23(22)34-25)18-6-7-19-24(35-3)26-16-27-30(18)19/h6-7,16-17,20-23H,4-5,8-15H2,1-3H3/t17-,20-,21+,22-,23+/m1/s1. The molecular weight excluding hydrogens is 466 g/mol. The average molecular weight is 504 g/mol. The van der Waals surface area contributed by atoms with Crippen LogP contribution in [0.15, 0.2) is 23.5 Å². The molecule has 0 unspecified atom stereocenters. The highest BCUT2D eigenvalue weighted by Crippen LogP contribution is 2.46. The summed E-state index contributed by atoms with van der Waals surface area (Å²) in [5, 5.41) is 5.49. The molecule has 0 radical (unpaired) electrons. The first-order valence-electron chi connectivity index (χ1n) is 12.9. The fourth-order valence-corrected chi connectivity index (χ4v) is 6.68. The molecule has 0 amide bonds. The molecule has 4 saturated heterocycles. The van der Waals surface area contributed by atoms with Gasteiger partial charge in [0.05, 0.1) is 30.5 Å². The highest BCUT2D eigenvalue weighted by atomic mass is 32.2. The molecule has 0 spiro atoms. The molecule has 2 aromatic rings. The van der Waals surface area contributed by atoms with Gasteiger partial charge in [-0.3, -0.25) is 4.90 Å². The number of ether oxygens (including phenoxy) is 4. The fraction of sp³-hybridized carbons (Fsp3) is 0.760. The normalized spacial score (nSPS) is 33.6. The van der Waals surface area contributed by atoms with Crippen LogP contribution in [0.4, 0.5) is 0 Å². The van der Waals surface area contributed by atoms with Crippen LogP contribution in [0.1, 0.15) is 44.9 Å². The maximum Gasteiger partial charge on any atom is 0.164 e. The van der Waals surface area contributed by atoms with Crippen molar-refractivity contribution in [2.45, 2.75) is 74.4 Å². The van der Waals surface area contributed by atoms with Gasteiger partial charge in [-0.25, -0.2) is 9.50 Å². The molecule has 4 fully saturated rings. The smallest absolute Gasteiger partial charge is 0.164 e. The van der Waals surface area contributed by atoms with E-state index in [-0.39, 0.29) is 24.4 Å². The van der Waals surface area contributed by atoms with Crippen LogP contribution >= 0.6 is 11.8 Å². The Kier molecular flexibility index (Phi) is 6.81. The number of aromatic nitrogens is 3. The number of nitrogens with zero attached hydrogens (tertiary/aromatic N) is 5. The lowest BCUT2D eigenvalue weighted by Crippen LogP contribution is -2.51. The minimum absolute atomic E-state index is 0.0329. The summed E-state index contributed by atoms with van der Waals surface area (Å²) >= 11 is 1.62. The predicted octanol–water partition coefficient (Wildman–Crippen LogP) is 2.60. The first-order valence-corrected chi connectivity index (χ1v) is 14.2. The monoisotopic (exact) mass is 503 g/mol. The fourth-order valence-electron chi connectivity index (χ4n) is 6.16. The Bertz CT molecular complexity index is 1030. The molecule has 0 bridgehead atoms. The van der Waals surface area contributed by atoms with Crippen molar-refractivity contribution in [3.63, 3.8) is 0 Å². The molecule has 4 aliphatic heterocycles. The second-order valence-corrected chi connectivity index (χ2v) is 11.3. The Morgan fingerprint density at radius 1 is 1.11 bits per heavy atom. The van der Waals surface area contributed by atoms with Gasteiger partial charge in [-0.15, -0.1) is 11.8 Å². The summed E-state index contributed by atoms with van der Waals surface area (Å²) in [7, 11) is 0. The van der Waals surface area contributed by atoms with Crippen LogP contribution in [-0.4, -0.2) is 107 Å². The van der Waals surface area contributed by atoms with Crippen LogP contribution in [0.5, 0.6) is 0 Å². The SMILES string of the molecule is CSc1ncnn2c([C@@H]3O[C@H](CCN4CCOC[C@H]4CN4CCCC4)[C@H]4OC(C)(C)O[C@H]43)ccc12.